The van der Waals surface area contributed by atoms with Crippen LogP contribution in [0.15, 0.2) is 42.7 Å². The Kier molecular flexibility index (Phi) is 7.59. The molecule has 0 radical (unpaired) electrons. The smallest absolute Gasteiger partial charge is 0.262 e. The predicted molar refractivity (Wildman–Crippen MR) is 174 cm³/mol. The van der Waals surface area contributed by atoms with Crippen molar-refractivity contribution in [2.75, 3.05) is 23.3 Å². The molecule has 1 unspecified atom stereocenters. The molecule has 1 atom stereocenters. The van der Waals surface area contributed by atoms with Gasteiger partial charge in [0.1, 0.15) is 11.6 Å². The average molecular weight is 644 g/mol. The van der Waals surface area contributed by atoms with Crippen LogP contribution in [0.5, 0.6) is 0 Å². The van der Waals surface area contributed by atoms with Crippen molar-refractivity contribution in [3.05, 3.63) is 76.1 Å². The van der Waals surface area contributed by atoms with Crippen molar-refractivity contribution in [1.82, 2.24) is 20.0 Å². The van der Waals surface area contributed by atoms with Crippen LogP contribution in [0.1, 0.15) is 82.5 Å². The molecular weight excluding hydrogens is 610 g/mol. The first-order valence-electron chi connectivity index (χ1n) is 16.1. The molecule has 2 fully saturated rings. The van der Waals surface area contributed by atoms with Gasteiger partial charge in [0, 0.05) is 37.1 Å². The first kappa shape index (κ1) is 30.9. The van der Waals surface area contributed by atoms with Crippen LogP contribution in [-0.4, -0.2) is 63.3 Å². The number of benzene rings is 2. The summed E-state index contributed by atoms with van der Waals surface area (Å²) in [6.07, 6.45) is 7.30. The van der Waals surface area contributed by atoms with E-state index in [9.17, 15) is 29.2 Å². The molecule has 7 rings (SSSR count). The second kappa shape index (κ2) is 11.8. The normalized spacial score (nSPS) is 19.1. The zero-order valence-corrected chi connectivity index (χ0v) is 26.6. The third kappa shape index (κ3) is 5.29. The Balaban J connectivity index is 0.980. The summed E-state index contributed by atoms with van der Waals surface area (Å²) in [6, 6.07) is 9.93. The molecule has 4 heterocycles. The summed E-state index contributed by atoms with van der Waals surface area (Å²) in [5.41, 5.74) is 4.44. The Bertz CT molecular complexity index is 2020. The van der Waals surface area contributed by atoms with E-state index < -0.39 is 35.2 Å². The summed E-state index contributed by atoms with van der Waals surface area (Å²) in [5.74, 6) is 4.17. The highest BCUT2D eigenvalue weighted by molar-refractivity contribution is 6.23. The molecule has 12 heteroatoms. The number of fused-ring (bicyclic) bond motifs is 2. The van der Waals surface area contributed by atoms with E-state index in [1.165, 1.54) is 0 Å². The summed E-state index contributed by atoms with van der Waals surface area (Å²) in [6.45, 7) is 4.85. The zero-order valence-electron chi connectivity index (χ0n) is 26.6. The van der Waals surface area contributed by atoms with Gasteiger partial charge < -0.3 is 10.2 Å². The van der Waals surface area contributed by atoms with Gasteiger partial charge in [-0.1, -0.05) is 11.8 Å². The topological polar surface area (TPSA) is 158 Å². The van der Waals surface area contributed by atoms with E-state index in [4.69, 9.17) is 0 Å². The van der Waals surface area contributed by atoms with Crippen molar-refractivity contribution in [1.29, 1.82) is 5.26 Å². The summed E-state index contributed by atoms with van der Waals surface area (Å²) in [4.78, 5) is 66.5. The standard InChI is InChI=1S/C36H33N7O5/c1-36(2,35(48)39-29-12-9-23(16-37)25-5-3-4-6-26(25)29)42-20-21(17-38-42)7-8-22-18-41(19-22)24-10-11-27-28(15-24)34(47)43(33(27)46)30-13-14-31(44)40-32(30)45/h9-12,15,17,20,22,30H,3-6,13-14,18-19H2,1-2H3,(H,39,48)(H,40,44,45). The lowest BCUT2D eigenvalue weighted by Crippen LogP contribution is -2.54. The maximum atomic E-state index is 13.5. The number of carbonyl (C=O) groups excluding carboxylic acids is 5. The average Bonchev–Trinajstić information content (AvgIpc) is 3.63. The summed E-state index contributed by atoms with van der Waals surface area (Å²) in [7, 11) is 0. The van der Waals surface area contributed by atoms with Gasteiger partial charge in [0.05, 0.1) is 40.4 Å². The van der Waals surface area contributed by atoms with Crippen LogP contribution < -0.4 is 15.5 Å². The highest BCUT2D eigenvalue weighted by atomic mass is 16.2. The number of imide groups is 2. The number of nitrogens with one attached hydrogen (secondary N) is 2. The SMILES string of the molecule is CC(C)(C(=O)Nc1ccc(C#N)c2c1CCCC2)n1cc(C#CC2CN(c3ccc4c(c3)C(=O)N(C3CCC(=O)NC3=O)C4=O)C2)cn1. The number of nitriles is 1. The third-order valence-electron chi connectivity index (χ3n) is 9.71. The number of hydrogen-bond donors (Lipinski definition) is 2. The number of rotatable bonds is 5. The lowest BCUT2D eigenvalue weighted by molar-refractivity contribution is -0.136. The maximum Gasteiger partial charge on any atom is 0.262 e. The number of hydrogen-bond acceptors (Lipinski definition) is 8. The second-order valence-electron chi connectivity index (χ2n) is 13.2. The largest absolute Gasteiger partial charge is 0.369 e. The van der Waals surface area contributed by atoms with Gasteiger partial charge in [-0.3, -0.25) is 38.9 Å². The summed E-state index contributed by atoms with van der Waals surface area (Å²) < 4.78 is 1.61. The van der Waals surface area contributed by atoms with Gasteiger partial charge in [-0.05, 0) is 87.4 Å². The van der Waals surface area contributed by atoms with E-state index >= 15 is 0 Å². The first-order chi connectivity index (χ1) is 23.0. The molecule has 3 aromatic rings. The van der Waals surface area contributed by atoms with E-state index in [2.05, 4.69) is 38.5 Å². The van der Waals surface area contributed by atoms with Crippen LogP contribution >= 0.6 is 0 Å². The van der Waals surface area contributed by atoms with Crippen LogP contribution in [-0.2, 0) is 32.8 Å². The van der Waals surface area contributed by atoms with Gasteiger partial charge in [0.25, 0.3) is 17.7 Å². The van der Waals surface area contributed by atoms with E-state index in [0.717, 1.165) is 53.1 Å². The fourth-order valence-corrected chi connectivity index (χ4v) is 6.78. The molecule has 12 nitrogen and oxygen atoms in total. The number of amides is 5. The molecule has 5 amide bonds. The lowest BCUT2D eigenvalue weighted by Gasteiger charge is -2.38. The minimum Gasteiger partial charge on any atom is -0.369 e. The van der Waals surface area contributed by atoms with Gasteiger partial charge in [-0.2, -0.15) is 10.4 Å². The summed E-state index contributed by atoms with van der Waals surface area (Å²) in [5, 5.41) is 19.2. The number of anilines is 2. The fourth-order valence-electron chi connectivity index (χ4n) is 6.78. The molecule has 2 N–H and O–H groups in total. The van der Waals surface area contributed by atoms with Gasteiger partial charge in [-0.25, -0.2) is 0 Å². The second-order valence-corrected chi connectivity index (χ2v) is 13.2. The van der Waals surface area contributed by atoms with Gasteiger partial charge >= 0.3 is 0 Å². The van der Waals surface area contributed by atoms with Crippen LogP contribution in [0.3, 0.4) is 0 Å². The van der Waals surface area contributed by atoms with Crippen molar-refractivity contribution in [3.8, 4) is 17.9 Å². The molecular formula is C36H33N7O5. The van der Waals surface area contributed by atoms with E-state index in [1.807, 2.05) is 6.07 Å². The molecule has 1 aromatic heterocycles. The Morgan fingerprint density at radius 1 is 1.00 bits per heavy atom. The van der Waals surface area contributed by atoms with Crippen molar-refractivity contribution in [2.45, 2.75) is 64.0 Å². The van der Waals surface area contributed by atoms with Crippen molar-refractivity contribution >= 4 is 40.9 Å². The Morgan fingerprint density at radius 3 is 2.50 bits per heavy atom. The van der Waals surface area contributed by atoms with Crippen molar-refractivity contribution in [2.24, 2.45) is 5.92 Å². The van der Waals surface area contributed by atoms with Crippen LogP contribution in [0.4, 0.5) is 11.4 Å². The fraction of sp³-hybridized carbons (Fsp3) is 0.361. The Labute approximate surface area is 277 Å². The van der Waals surface area contributed by atoms with Crippen LogP contribution in [0.2, 0.25) is 0 Å². The maximum absolute atomic E-state index is 13.5. The minimum atomic E-state index is -1.00. The highest BCUT2D eigenvalue weighted by Crippen LogP contribution is 2.34. The first-order valence-corrected chi connectivity index (χ1v) is 16.1. The van der Waals surface area contributed by atoms with Crippen molar-refractivity contribution in [3.63, 3.8) is 0 Å². The van der Waals surface area contributed by atoms with E-state index in [0.29, 0.717) is 24.2 Å². The summed E-state index contributed by atoms with van der Waals surface area (Å²) >= 11 is 0. The van der Waals surface area contributed by atoms with E-state index in [-0.39, 0.29) is 35.8 Å². The molecule has 48 heavy (non-hydrogen) atoms. The van der Waals surface area contributed by atoms with Crippen LogP contribution in [0.25, 0.3) is 0 Å². The third-order valence-corrected chi connectivity index (χ3v) is 9.71. The predicted octanol–water partition coefficient (Wildman–Crippen LogP) is 2.90. The molecule has 1 aliphatic carbocycles. The number of piperidine rings is 1. The van der Waals surface area contributed by atoms with Gasteiger partial charge in [0.15, 0.2) is 0 Å². The zero-order chi connectivity index (χ0) is 33.7. The van der Waals surface area contributed by atoms with Gasteiger partial charge in [-0.15, -0.1) is 0 Å². The Morgan fingerprint density at radius 2 is 1.75 bits per heavy atom. The number of aromatic nitrogens is 2. The van der Waals surface area contributed by atoms with Crippen LogP contribution in [0, 0.1) is 29.1 Å². The molecule has 242 valence electrons. The monoisotopic (exact) mass is 643 g/mol. The minimum absolute atomic E-state index is 0.0674. The quantitative estimate of drug-likeness (QED) is 0.318. The molecule has 2 saturated heterocycles. The number of carbonyl (C=O) groups is 5. The highest BCUT2D eigenvalue weighted by Gasteiger charge is 2.45. The Hall–Kier alpha value is -5.75. The molecule has 0 spiro atoms. The van der Waals surface area contributed by atoms with E-state index in [1.54, 1.807) is 55.2 Å². The molecule has 0 saturated carbocycles. The molecule has 3 aliphatic heterocycles. The molecule has 2 aromatic carbocycles. The lowest BCUT2D eigenvalue weighted by atomic mass is 9.87. The molecule has 0 bridgehead atoms. The van der Waals surface area contributed by atoms with Crippen molar-refractivity contribution < 1.29 is 24.0 Å². The van der Waals surface area contributed by atoms with Gasteiger partial charge in [0.2, 0.25) is 11.8 Å². The number of nitrogens with zero attached hydrogens (tertiary/aromatic N) is 5. The molecule has 4 aliphatic rings.